The number of hydrogen-bond acceptors (Lipinski definition) is 6. The van der Waals surface area contributed by atoms with Crippen LogP contribution in [-0.2, 0) is 16.0 Å². The van der Waals surface area contributed by atoms with E-state index in [9.17, 15) is 9.59 Å². The fraction of sp³-hybridized carbons (Fsp3) is 0.321. The number of nitrogens with zero attached hydrogens (tertiary/aromatic N) is 3. The lowest BCUT2D eigenvalue weighted by Gasteiger charge is -2.22. The van der Waals surface area contributed by atoms with Gasteiger partial charge in [-0.25, -0.2) is 0 Å². The summed E-state index contributed by atoms with van der Waals surface area (Å²) in [7, 11) is 3.58. The SMILES string of the molecule is C=C(Cc1ccccc1)N/N=C(\C)C(=O)N[C@H]1CN(C)c2ccc(C#CC(C)(C)N)cc2N(C)C1=O. The Balaban J connectivity index is 1.69. The molecule has 0 aromatic heterocycles. The van der Waals surface area contributed by atoms with Crippen LogP contribution in [0.4, 0.5) is 11.4 Å². The van der Waals surface area contributed by atoms with Crippen molar-refractivity contribution in [2.45, 2.75) is 38.8 Å². The molecule has 1 aliphatic rings. The van der Waals surface area contributed by atoms with Crippen molar-refractivity contribution in [1.29, 1.82) is 0 Å². The molecular formula is C28H34N6O2. The van der Waals surface area contributed by atoms with Crippen LogP contribution in [-0.4, -0.2) is 49.7 Å². The van der Waals surface area contributed by atoms with E-state index in [2.05, 4.69) is 34.3 Å². The van der Waals surface area contributed by atoms with E-state index in [4.69, 9.17) is 5.73 Å². The number of nitrogens with two attached hydrogens (primary N) is 1. The monoisotopic (exact) mass is 486 g/mol. The Morgan fingerprint density at radius 1 is 1.19 bits per heavy atom. The standard InChI is InChI=1S/C28H34N6O2/c1-19(16-21-10-8-7-9-11-21)31-32-20(2)26(35)30-23-18-33(5)24-13-12-22(14-15-28(3,4)29)17-25(24)34(6)27(23)36/h7-13,17,23,31H,1,16,18,29H2,2-6H3,(H,30,35)/b32-20+/t23-/m0/s1. The highest BCUT2D eigenvalue weighted by Crippen LogP contribution is 2.32. The largest absolute Gasteiger partial charge is 0.370 e. The average molecular weight is 487 g/mol. The highest BCUT2D eigenvalue weighted by Gasteiger charge is 2.32. The molecule has 1 aliphatic heterocycles. The summed E-state index contributed by atoms with van der Waals surface area (Å²) in [6.07, 6.45) is 0.587. The summed E-state index contributed by atoms with van der Waals surface area (Å²) in [5, 5.41) is 6.98. The molecule has 0 radical (unpaired) electrons. The zero-order valence-corrected chi connectivity index (χ0v) is 21.6. The molecule has 0 fully saturated rings. The molecular weight excluding hydrogens is 452 g/mol. The Bertz CT molecular complexity index is 1230. The predicted molar refractivity (Wildman–Crippen MR) is 146 cm³/mol. The lowest BCUT2D eigenvalue weighted by Crippen LogP contribution is -2.52. The molecule has 0 saturated heterocycles. The summed E-state index contributed by atoms with van der Waals surface area (Å²) in [4.78, 5) is 29.6. The number of anilines is 2. The first-order valence-corrected chi connectivity index (χ1v) is 11.7. The third-order valence-electron chi connectivity index (χ3n) is 5.64. The van der Waals surface area contributed by atoms with Crippen molar-refractivity contribution < 1.29 is 9.59 Å². The van der Waals surface area contributed by atoms with E-state index in [0.717, 1.165) is 16.8 Å². The number of nitrogens with one attached hydrogen (secondary N) is 2. The van der Waals surface area contributed by atoms with E-state index in [1.807, 2.05) is 74.3 Å². The molecule has 36 heavy (non-hydrogen) atoms. The quantitative estimate of drug-likeness (QED) is 0.331. The van der Waals surface area contributed by atoms with Gasteiger partial charge in [0.2, 0.25) is 0 Å². The number of rotatable bonds is 6. The van der Waals surface area contributed by atoms with Crippen molar-refractivity contribution in [2.75, 3.05) is 30.4 Å². The van der Waals surface area contributed by atoms with E-state index in [-0.39, 0.29) is 11.6 Å². The number of hydrazone groups is 1. The highest BCUT2D eigenvalue weighted by atomic mass is 16.2. The van der Waals surface area contributed by atoms with Crippen molar-refractivity contribution in [1.82, 2.24) is 10.7 Å². The van der Waals surface area contributed by atoms with Gasteiger partial charge in [0, 0.05) is 38.3 Å². The summed E-state index contributed by atoms with van der Waals surface area (Å²) >= 11 is 0. The number of amides is 2. The lowest BCUT2D eigenvalue weighted by molar-refractivity contribution is -0.124. The van der Waals surface area contributed by atoms with Gasteiger partial charge in [-0.3, -0.25) is 15.0 Å². The smallest absolute Gasteiger partial charge is 0.267 e. The van der Waals surface area contributed by atoms with Gasteiger partial charge in [0.1, 0.15) is 11.8 Å². The minimum atomic E-state index is -0.755. The van der Waals surface area contributed by atoms with Crippen LogP contribution in [0.5, 0.6) is 0 Å². The Kier molecular flexibility index (Phi) is 8.18. The molecule has 0 saturated carbocycles. The number of carbonyl (C=O) groups is 2. The Morgan fingerprint density at radius 3 is 2.56 bits per heavy atom. The second kappa shape index (κ2) is 11.1. The van der Waals surface area contributed by atoms with Crippen molar-refractivity contribution in [2.24, 2.45) is 10.8 Å². The molecule has 188 valence electrons. The third-order valence-corrected chi connectivity index (χ3v) is 5.64. The van der Waals surface area contributed by atoms with Crippen LogP contribution in [0.25, 0.3) is 0 Å². The van der Waals surface area contributed by atoms with Gasteiger partial charge in [-0.2, -0.15) is 5.10 Å². The molecule has 3 rings (SSSR count). The summed E-state index contributed by atoms with van der Waals surface area (Å²) in [6, 6.07) is 14.8. The zero-order chi connectivity index (χ0) is 26.5. The first-order valence-electron chi connectivity index (χ1n) is 11.7. The van der Waals surface area contributed by atoms with Crippen LogP contribution >= 0.6 is 0 Å². The minimum absolute atomic E-state index is 0.200. The van der Waals surface area contributed by atoms with Crippen LogP contribution in [0.1, 0.15) is 31.9 Å². The number of benzene rings is 2. The molecule has 2 aromatic rings. The molecule has 2 aromatic carbocycles. The fourth-order valence-corrected chi connectivity index (χ4v) is 3.69. The van der Waals surface area contributed by atoms with Gasteiger partial charge in [0.25, 0.3) is 11.8 Å². The molecule has 0 aliphatic carbocycles. The summed E-state index contributed by atoms with van der Waals surface area (Å²) < 4.78 is 0. The number of fused-ring (bicyclic) bond motifs is 1. The Hall–Kier alpha value is -4.09. The van der Waals surface area contributed by atoms with Gasteiger partial charge in [0.05, 0.1) is 16.9 Å². The van der Waals surface area contributed by atoms with E-state index in [0.29, 0.717) is 24.4 Å². The van der Waals surface area contributed by atoms with Crippen LogP contribution < -0.4 is 26.3 Å². The predicted octanol–water partition coefficient (Wildman–Crippen LogP) is 2.39. The number of likely N-dealkylation sites (N-methyl/N-ethyl adjacent to an activating group) is 2. The Morgan fingerprint density at radius 2 is 1.89 bits per heavy atom. The molecule has 8 heteroatoms. The third kappa shape index (κ3) is 6.96. The van der Waals surface area contributed by atoms with Gasteiger partial charge in [-0.1, -0.05) is 48.8 Å². The first-order chi connectivity index (χ1) is 16.9. The molecule has 1 atom stereocenters. The highest BCUT2D eigenvalue weighted by molar-refractivity contribution is 6.38. The number of allylic oxidation sites excluding steroid dienone is 1. The molecule has 4 N–H and O–H groups in total. The van der Waals surface area contributed by atoms with E-state index in [1.54, 1.807) is 18.9 Å². The lowest BCUT2D eigenvalue weighted by atomic mass is 10.1. The maximum Gasteiger partial charge on any atom is 0.267 e. The molecule has 0 unspecified atom stereocenters. The van der Waals surface area contributed by atoms with E-state index >= 15 is 0 Å². The second-order valence-corrected chi connectivity index (χ2v) is 9.55. The second-order valence-electron chi connectivity index (χ2n) is 9.55. The molecule has 0 spiro atoms. The van der Waals surface area contributed by atoms with Crippen LogP contribution in [0, 0.1) is 11.8 Å². The van der Waals surface area contributed by atoms with Gasteiger partial charge in [-0.15, -0.1) is 0 Å². The van der Waals surface area contributed by atoms with Crippen LogP contribution in [0.3, 0.4) is 0 Å². The van der Waals surface area contributed by atoms with Crippen molar-refractivity contribution >= 4 is 28.9 Å². The zero-order valence-electron chi connectivity index (χ0n) is 21.6. The van der Waals surface area contributed by atoms with Crippen molar-refractivity contribution in [3.63, 3.8) is 0 Å². The van der Waals surface area contributed by atoms with E-state index in [1.165, 1.54) is 0 Å². The van der Waals surface area contributed by atoms with Crippen molar-refractivity contribution in [3.8, 4) is 11.8 Å². The van der Waals surface area contributed by atoms with Crippen LogP contribution in [0.15, 0.2) is 65.9 Å². The summed E-state index contributed by atoms with van der Waals surface area (Å²) in [5.41, 5.74) is 12.5. The maximum atomic E-state index is 13.3. The molecule has 0 bridgehead atoms. The van der Waals surface area contributed by atoms with E-state index < -0.39 is 17.5 Å². The molecule has 8 nitrogen and oxygen atoms in total. The van der Waals surface area contributed by atoms with Crippen LogP contribution in [0.2, 0.25) is 0 Å². The maximum absolute atomic E-state index is 13.3. The minimum Gasteiger partial charge on any atom is -0.370 e. The first kappa shape index (κ1) is 26.5. The molecule has 2 amide bonds. The van der Waals surface area contributed by atoms with Gasteiger partial charge < -0.3 is 20.9 Å². The normalized spacial score (nSPS) is 15.9. The van der Waals surface area contributed by atoms with Gasteiger partial charge in [0.15, 0.2) is 0 Å². The molecule has 1 heterocycles. The number of hydrogen-bond donors (Lipinski definition) is 3. The van der Waals surface area contributed by atoms with Gasteiger partial charge >= 0.3 is 0 Å². The number of carbonyl (C=O) groups excluding carboxylic acids is 2. The topological polar surface area (TPSA) is 103 Å². The summed E-state index contributed by atoms with van der Waals surface area (Å²) in [6.45, 7) is 9.53. The fourth-order valence-electron chi connectivity index (χ4n) is 3.69. The summed E-state index contributed by atoms with van der Waals surface area (Å²) in [5.74, 6) is 5.42. The Labute approximate surface area is 213 Å². The van der Waals surface area contributed by atoms with Crippen molar-refractivity contribution in [3.05, 3.63) is 71.9 Å². The average Bonchev–Trinajstić information content (AvgIpc) is 2.92. The van der Waals surface area contributed by atoms with Gasteiger partial charge in [-0.05, 0) is 44.5 Å².